The third-order valence-electron chi connectivity index (χ3n) is 6.01. The standard InChI is InChI=1S/C11H11IO/c12-10-6-2-1-3-4(6)9-8(10)5(2)7(3)11(9)13/h2-10H,1H2/t2-,3-,4?,5?,6+,7+,8+,9-,10+/m0/s1. The highest BCUT2D eigenvalue weighted by atomic mass is 127. The fraction of sp³-hybridized carbons (Fsp3) is 0.909. The van der Waals surface area contributed by atoms with Gasteiger partial charge in [-0.15, -0.1) is 0 Å². The number of halogens is 1. The first-order chi connectivity index (χ1) is 6.30. The molecular weight excluding hydrogens is 275 g/mol. The molecule has 2 unspecified atom stereocenters. The van der Waals surface area contributed by atoms with Gasteiger partial charge in [0.05, 0.1) is 0 Å². The van der Waals surface area contributed by atoms with Gasteiger partial charge in [0, 0.05) is 15.8 Å². The van der Waals surface area contributed by atoms with Crippen molar-refractivity contribution in [1.82, 2.24) is 0 Å². The number of ketones is 1. The van der Waals surface area contributed by atoms with Gasteiger partial charge in [0.2, 0.25) is 0 Å². The van der Waals surface area contributed by atoms with E-state index in [2.05, 4.69) is 22.6 Å². The molecule has 6 aliphatic rings. The Morgan fingerprint density at radius 2 is 1.77 bits per heavy atom. The van der Waals surface area contributed by atoms with Gasteiger partial charge >= 0.3 is 0 Å². The van der Waals surface area contributed by atoms with Gasteiger partial charge in [0.1, 0.15) is 5.78 Å². The molecule has 0 N–H and O–H groups in total. The van der Waals surface area contributed by atoms with Crippen LogP contribution in [0.25, 0.3) is 0 Å². The summed E-state index contributed by atoms with van der Waals surface area (Å²) in [5.41, 5.74) is 0. The molecule has 0 amide bonds. The van der Waals surface area contributed by atoms with Crippen LogP contribution in [-0.4, -0.2) is 9.71 Å². The summed E-state index contributed by atoms with van der Waals surface area (Å²) in [6.45, 7) is 0. The summed E-state index contributed by atoms with van der Waals surface area (Å²) >= 11 is 2.66. The molecule has 6 bridgehead atoms. The zero-order valence-corrected chi connectivity index (χ0v) is 9.35. The maximum absolute atomic E-state index is 12.0. The minimum absolute atomic E-state index is 0.561. The lowest BCUT2D eigenvalue weighted by Crippen LogP contribution is -2.30. The van der Waals surface area contributed by atoms with Crippen molar-refractivity contribution in [2.45, 2.75) is 10.3 Å². The Balaban J connectivity index is 1.90. The topological polar surface area (TPSA) is 17.1 Å². The first kappa shape index (κ1) is 6.81. The molecule has 6 rings (SSSR count). The second-order valence-electron chi connectivity index (χ2n) is 5.77. The van der Waals surface area contributed by atoms with E-state index in [0.29, 0.717) is 17.6 Å². The molecule has 68 valence electrons. The fourth-order valence-corrected chi connectivity index (χ4v) is 8.13. The van der Waals surface area contributed by atoms with Crippen LogP contribution in [0.3, 0.4) is 0 Å². The van der Waals surface area contributed by atoms with Crippen LogP contribution >= 0.6 is 22.6 Å². The van der Waals surface area contributed by atoms with Crippen LogP contribution in [-0.2, 0) is 4.79 Å². The van der Waals surface area contributed by atoms with Crippen molar-refractivity contribution >= 4 is 28.4 Å². The zero-order valence-electron chi connectivity index (χ0n) is 7.19. The van der Waals surface area contributed by atoms with E-state index in [1.54, 1.807) is 0 Å². The molecule has 0 aromatic carbocycles. The van der Waals surface area contributed by atoms with Gasteiger partial charge in [-0.2, -0.15) is 0 Å². The monoisotopic (exact) mass is 286 g/mol. The molecular formula is C11H11IO. The molecule has 0 saturated heterocycles. The molecule has 6 fully saturated rings. The molecule has 0 spiro atoms. The van der Waals surface area contributed by atoms with Crippen LogP contribution in [0, 0.1) is 47.3 Å². The lowest BCUT2D eigenvalue weighted by Gasteiger charge is -2.32. The number of Topliss-reactive ketones (excluding diaryl/α,β-unsaturated/α-hetero) is 1. The second-order valence-corrected chi connectivity index (χ2v) is 7.21. The molecule has 1 nitrogen and oxygen atoms in total. The van der Waals surface area contributed by atoms with Crippen LogP contribution in [0.5, 0.6) is 0 Å². The van der Waals surface area contributed by atoms with Gasteiger partial charge in [-0.25, -0.2) is 0 Å². The van der Waals surface area contributed by atoms with Crippen LogP contribution in [0.2, 0.25) is 0 Å². The van der Waals surface area contributed by atoms with E-state index < -0.39 is 0 Å². The largest absolute Gasteiger partial charge is 0.299 e. The summed E-state index contributed by atoms with van der Waals surface area (Å²) in [6.07, 6.45) is 1.43. The Morgan fingerprint density at radius 1 is 1.00 bits per heavy atom. The maximum atomic E-state index is 12.0. The molecule has 0 heterocycles. The Bertz CT molecular complexity index is 350. The van der Waals surface area contributed by atoms with E-state index in [1.165, 1.54) is 6.42 Å². The Labute approximate surface area is 90.8 Å². The average Bonchev–Trinajstić information content (AvgIpc) is 2.78. The minimum Gasteiger partial charge on any atom is -0.299 e. The molecule has 13 heavy (non-hydrogen) atoms. The number of hydrogen-bond donors (Lipinski definition) is 0. The van der Waals surface area contributed by atoms with Gasteiger partial charge in [-0.05, 0) is 41.9 Å². The second kappa shape index (κ2) is 1.63. The van der Waals surface area contributed by atoms with E-state index >= 15 is 0 Å². The molecule has 0 aromatic heterocycles. The van der Waals surface area contributed by atoms with Gasteiger partial charge in [-0.1, -0.05) is 22.6 Å². The van der Waals surface area contributed by atoms with E-state index in [1.807, 2.05) is 0 Å². The van der Waals surface area contributed by atoms with E-state index in [-0.39, 0.29) is 0 Å². The fourth-order valence-electron chi connectivity index (χ4n) is 6.20. The summed E-state index contributed by atoms with van der Waals surface area (Å²) in [5.74, 6) is 7.27. The molecule has 0 aliphatic heterocycles. The quantitative estimate of drug-likeness (QED) is 0.490. The highest BCUT2D eigenvalue weighted by Gasteiger charge is 2.83. The van der Waals surface area contributed by atoms with E-state index in [9.17, 15) is 4.79 Å². The van der Waals surface area contributed by atoms with Crippen molar-refractivity contribution in [1.29, 1.82) is 0 Å². The number of carbonyl (C=O) groups is 1. The smallest absolute Gasteiger partial charge is 0.140 e. The van der Waals surface area contributed by atoms with E-state index in [0.717, 1.165) is 39.4 Å². The summed E-state index contributed by atoms with van der Waals surface area (Å²) in [5, 5.41) is 0. The molecule has 6 saturated carbocycles. The summed E-state index contributed by atoms with van der Waals surface area (Å²) in [4.78, 5) is 12.0. The molecule has 6 aliphatic carbocycles. The van der Waals surface area contributed by atoms with Crippen LogP contribution in [0.1, 0.15) is 6.42 Å². The predicted molar refractivity (Wildman–Crippen MR) is 55.4 cm³/mol. The van der Waals surface area contributed by atoms with Crippen LogP contribution in [0.15, 0.2) is 0 Å². The summed E-state index contributed by atoms with van der Waals surface area (Å²) in [6, 6.07) is 0. The molecule has 0 aromatic rings. The van der Waals surface area contributed by atoms with Crippen LogP contribution in [0.4, 0.5) is 0 Å². The van der Waals surface area contributed by atoms with Crippen LogP contribution < -0.4 is 0 Å². The number of carbonyl (C=O) groups excluding carboxylic acids is 1. The SMILES string of the molecule is O=C1[C@H]2C3[C@@H]4[C@@H](I)[C@@H]2C2[C@@H]4C[C@@H]3[C@@H]12. The molecule has 2 heteroatoms. The highest BCUT2D eigenvalue weighted by molar-refractivity contribution is 14.1. The van der Waals surface area contributed by atoms with Gasteiger partial charge in [-0.3, -0.25) is 4.79 Å². The van der Waals surface area contributed by atoms with Crippen molar-refractivity contribution in [3.8, 4) is 0 Å². The maximum Gasteiger partial charge on any atom is 0.140 e. The first-order valence-electron chi connectivity index (χ1n) is 5.48. The molecule has 9 atom stereocenters. The molecule has 0 radical (unpaired) electrons. The minimum atomic E-state index is 0.561. The number of hydrogen-bond acceptors (Lipinski definition) is 1. The predicted octanol–water partition coefficient (Wildman–Crippen LogP) is 1.75. The average molecular weight is 286 g/mol. The third-order valence-corrected chi connectivity index (χ3v) is 7.67. The van der Waals surface area contributed by atoms with Crippen molar-refractivity contribution in [2.24, 2.45) is 47.3 Å². The zero-order chi connectivity index (χ0) is 8.48. The van der Waals surface area contributed by atoms with Gasteiger partial charge in [0.15, 0.2) is 0 Å². The Hall–Kier alpha value is 0.400. The normalized spacial score (nSPS) is 79.8. The van der Waals surface area contributed by atoms with Crippen molar-refractivity contribution < 1.29 is 4.79 Å². The van der Waals surface area contributed by atoms with Crippen molar-refractivity contribution in [3.05, 3.63) is 0 Å². The Morgan fingerprint density at radius 3 is 2.54 bits per heavy atom. The third kappa shape index (κ3) is 0.422. The number of rotatable bonds is 0. The van der Waals surface area contributed by atoms with Gasteiger partial charge in [0.25, 0.3) is 0 Å². The van der Waals surface area contributed by atoms with Crippen molar-refractivity contribution in [2.75, 3.05) is 0 Å². The summed E-state index contributed by atoms with van der Waals surface area (Å²) in [7, 11) is 0. The lowest BCUT2D eigenvalue weighted by molar-refractivity contribution is -0.122. The van der Waals surface area contributed by atoms with Gasteiger partial charge < -0.3 is 0 Å². The van der Waals surface area contributed by atoms with E-state index in [4.69, 9.17) is 0 Å². The first-order valence-corrected chi connectivity index (χ1v) is 6.73. The highest BCUT2D eigenvalue weighted by Crippen LogP contribution is 2.82. The number of alkyl halides is 1. The Kier molecular flexibility index (Phi) is 0.856. The van der Waals surface area contributed by atoms with Crippen molar-refractivity contribution in [3.63, 3.8) is 0 Å². The lowest BCUT2D eigenvalue weighted by atomic mass is 9.71. The summed E-state index contributed by atoms with van der Waals surface area (Å²) < 4.78 is 0.879.